The number of rotatable bonds is 2. The predicted molar refractivity (Wildman–Crippen MR) is 68.3 cm³/mol. The van der Waals surface area contributed by atoms with Gasteiger partial charge >= 0.3 is 0 Å². The molecule has 2 saturated carbocycles. The van der Waals surface area contributed by atoms with Crippen LogP contribution in [0.1, 0.15) is 71.1 Å². The third-order valence-electron chi connectivity index (χ3n) is 4.84. The van der Waals surface area contributed by atoms with E-state index in [0.717, 1.165) is 5.92 Å². The minimum atomic E-state index is 0.0147. The first-order valence-corrected chi connectivity index (χ1v) is 7.45. The minimum absolute atomic E-state index is 0.0147. The zero-order chi connectivity index (χ0) is 11.4. The van der Waals surface area contributed by atoms with E-state index in [1.807, 2.05) is 0 Å². The van der Waals surface area contributed by atoms with Crippen molar-refractivity contribution in [2.24, 2.45) is 17.8 Å². The molecule has 0 amide bonds. The maximum absolute atomic E-state index is 10.5. The van der Waals surface area contributed by atoms with Gasteiger partial charge in [0.2, 0.25) is 0 Å². The number of aliphatic hydroxyl groups is 1. The molecule has 0 spiro atoms. The van der Waals surface area contributed by atoms with Crippen molar-refractivity contribution >= 4 is 0 Å². The van der Waals surface area contributed by atoms with Crippen LogP contribution in [0.2, 0.25) is 0 Å². The predicted octanol–water partition coefficient (Wildman–Crippen LogP) is 4.14. The summed E-state index contributed by atoms with van der Waals surface area (Å²) in [6, 6.07) is 0. The van der Waals surface area contributed by atoms with Crippen LogP contribution >= 0.6 is 0 Å². The van der Waals surface area contributed by atoms with Gasteiger partial charge in [-0.15, -0.1) is 0 Å². The SMILES string of the molecule is CC1CCCC(C(O)C2CCCCCC2)C1. The lowest BCUT2D eigenvalue weighted by atomic mass is 9.75. The number of aliphatic hydroxyl groups excluding tert-OH is 1. The van der Waals surface area contributed by atoms with Crippen LogP contribution in [0.25, 0.3) is 0 Å². The lowest BCUT2D eigenvalue weighted by Crippen LogP contribution is -2.32. The zero-order valence-electron chi connectivity index (χ0n) is 10.8. The molecule has 2 aliphatic carbocycles. The van der Waals surface area contributed by atoms with Gasteiger partial charge in [-0.2, -0.15) is 0 Å². The van der Waals surface area contributed by atoms with E-state index in [0.29, 0.717) is 11.8 Å². The topological polar surface area (TPSA) is 20.2 Å². The second-order valence-corrected chi connectivity index (χ2v) is 6.27. The molecule has 0 saturated heterocycles. The highest BCUT2D eigenvalue weighted by molar-refractivity contribution is 4.82. The molecule has 0 bridgehead atoms. The molecule has 0 aliphatic heterocycles. The second kappa shape index (κ2) is 6.05. The van der Waals surface area contributed by atoms with Crippen molar-refractivity contribution in [3.8, 4) is 0 Å². The molecule has 16 heavy (non-hydrogen) atoms. The Kier molecular flexibility index (Phi) is 4.69. The van der Waals surface area contributed by atoms with Crippen LogP contribution in [-0.4, -0.2) is 11.2 Å². The van der Waals surface area contributed by atoms with Crippen molar-refractivity contribution < 1.29 is 5.11 Å². The molecule has 2 rings (SSSR count). The monoisotopic (exact) mass is 224 g/mol. The fourth-order valence-corrected chi connectivity index (χ4v) is 3.83. The van der Waals surface area contributed by atoms with Crippen LogP contribution in [0.4, 0.5) is 0 Å². The molecule has 0 radical (unpaired) electrons. The molecule has 0 heterocycles. The van der Waals surface area contributed by atoms with Gasteiger partial charge in [-0.1, -0.05) is 45.4 Å². The third kappa shape index (κ3) is 3.23. The minimum Gasteiger partial charge on any atom is -0.393 e. The molecule has 3 atom stereocenters. The summed E-state index contributed by atoms with van der Waals surface area (Å²) in [5, 5.41) is 10.5. The van der Waals surface area contributed by atoms with Crippen LogP contribution in [0.5, 0.6) is 0 Å². The fourth-order valence-electron chi connectivity index (χ4n) is 3.83. The highest BCUT2D eigenvalue weighted by atomic mass is 16.3. The third-order valence-corrected chi connectivity index (χ3v) is 4.84. The Hall–Kier alpha value is -0.0400. The van der Waals surface area contributed by atoms with Crippen LogP contribution in [0.3, 0.4) is 0 Å². The van der Waals surface area contributed by atoms with Crippen molar-refractivity contribution in [1.29, 1.82) is 0 Å². The van der Waals surface area contributed by atoms with E-state index in [9.17, 15) is 5.11 Å². The fraction of sp³-hybridized carbons (Fsp3) is 1.00. The van der Waals surface area contributed by atoms with Gasteiger partial charge in [-0.05, 0) is 43.4 Å². The smallest absolute Gasteiger partial charge is 0.0596 e. The molecule has 1 nitrogen and oxygen atoms in total. The van der Waals surface area contributed by atoms with Crippen molar-refractivity contribution in [1.82, 2.24) is 0 Å². The second-order valence-electron chi connectivity index (χ2n) is 6.27. The first kappa shape index (κ1) is 12.4. The van der Waals surface area contributed by atoms with E-state index in [1.54, 1.807) is 0 Å². The van der Waals surface area contributed by atoms with Gasteiger partial charge in [0, 0.05) is 0 Å². The molecule has 2 aliphatic rings. The molecule has 0 aromatic carbocycles. The van der Waals surface area contributed by atoms with Crippen LogP contribution in [-0.2, 0) is 0 Å². The van der Waals surface area contributed by atoms with Gasteiger partial charge in [-0.3, -0.25) is 0 Å². The van der Waals surface area contributed by atoms with Crippen molar-refractivity contribution in [3.63, 3.8) is 0 Å². The maximum atomic E-state index is 10.5. The van der Waals surface area contributed by atoms with Crippen molar-refractivity contribution in [2.75, 3.05) is 0 Å². The Labute approximate surface area is 101 Å². The summed E-state index contributed by atoms with van der Waals surface area (Å²) in [6.45, 7) is 2.35. The van der Waals surface area contributed by atoms with Gasteiger partial charge in [-0.25, -0.2) is 0 Å². The summed E-state index contributed by atoms with van der Waals surface area (Å²) in [7, 11) is 0. The number of hydrogen-bond donors (Lipinski definition) is 1. The summed E-state index contributed by atoms with van der Waals surface area (Å²) in [6.07, 6.45) is 13.4. The van der Waals surface area contributed by atoms with Crippen LogP contribution in [0.15, 0.2) is 0 Å². The van der Waals surface area contributed by atoms with Gasteiger partial charge in [0.1, 0.15) is 0 Å². The van der Waals surface area contributed by atoms with Gasteiger partial charge in [0.15, 0.2) is 0 Å². The van der Waals surface area contributed by atoms with Crippen LogP contribution < -0.4 is 0 Å². The molecule has 1 heteroatoms. The van der Waals surface area contributed by atoms with Gasteiger partial charge < -0.3 is 5.11 Å². The molecule has 2 fully saturated rings. The first-order valence-electron chi connectivity index (χ1n) is 7.45. The van der Waals surface area contributed by atoms with E-state index in [1.165, 1.54) is 64.2 Å². The van der Waals surface area contributed by atoms with Gasteiger partial charge in [0.25, 0.3) is 0 Å². The largest absolute Gasteiger partial charge is 0.393 e. The normalized spacial score (nSPS) is 35.6. The van der Waals surface area contributed by atoms with E-state index in [2.05, 4.69) is 6.92 Å². The Morgan fingerprint density at radius 1 is 0.812 bits per heavy atom. The Bertz CT molecular complexity index is 192. The van der Waals surface area contributed by atoms with Crippen LogP contribution in [0, 0.1) is 17.8 Å². The zero-order valence-corrected chi connectivity index (χ0v) is 10.8. The number of hydrogen-bond acceptors (Lipinski definition) is 1. The lowest BCUT2D eigenvalue weighted by molar-refractivity contribution is 0.0185. The van der Waals surface area contributed by atoms with E-state index < -0.39 is 0 Å². The summed E-state index contributed by atoms with van der Waals surface area (Å²) < 4.78 is 0. The molecular formula is C15H28O. The quantitative estimate of drug-likeness (QED) is 0.699. The average molecular weight is 224 g/mol. The van der Waals surface area contributed by atoms with E-state index in [-0.39, 0.29) is 6.10 Å². The van der Waals surface area contributed by atoms with Crippen molar-refractivity contribution in [3.05, 3.63) is 0 Å². The molecule has 0 aromatic rings. The summed E-state index contributed by atoms with van der Waals surface area (Å²) in [5.41, 5.74) is 0. The Balaban J connectivity index is 1.86. The highest BCUT2D eigenvalue weighted by Crippen LogP contribution is 2.36. The maximum Gasteiger partial charge on any atom is 0.0596 e. The molecule has 3 unspecified atom stereocenters. The molecule has 1 N–H and O–H groups in total. The van der Waals surface area contributed by atoms with Crippen molar-refractivity contribution in [2.45, 2.75) is 77.2 Å². The summed E-state index contributed by atoms with van der Waals surface area (Å²) in [5.74, 6) is 2.09. The van der Waals surface area contributed by atoms with E-state index >= 15 is 0 Å². The summed E-state index contributed by atoms with van der Waals surface area (Å²) in [4.78, 5) is 0. The lowest BCUT2D eigenvalue weighted by Gasteiger charge is -2.34. The Morgan fingerprint density at radius 2 is 1.44 bits per heavy atom. The molecular weight excluding hydrogens is 196 g/mol. The van der Waals surface area contributed by atoms with E-state index in [4.69, 9.17) is 0 Å². The first-order chi connectivity index (χ1) is 7.77. The molecule has 0 aromatic heterocycles. The van der Waals surface area contributed by atoms with Gasteiger partial charge in [0.05, 0.1) is 6.10 Å². The average Bonchev–Trinajstić information content (AvgIpc) is 2.56. The summed E-state index contributed by atoms with van der Waals surface area (Å²) >= 11 is 0. The molecule has 94 valence electrons. The standard InChI is InChI=1S/C15H28O/c1-12-7-6-10-14(11-12)15(16)13-8-4-2-3-5-9-13/h12-16H,2-11H2,1H3. The Morgan fingerprint density at radius 3 is 2.06 bits per heavy atom. The highest BCUT2D eigenvalue weighted by Gasteiger charge is 2.30.